The summed E-state index contributed by atoms with van der Waals surface area (Å²) in [5.41, 5.74) is -0.559. The number of aryl methyl sites for hydroxylation is 1. The van der Waals surface area contributed by atoms with E-state index in [1.54, 1.807) is 44.2 Å². The Balaban J connectivity index is 1.35. The summed E-state index contributed by atoms with van der Waals surface area (Å²) in [6.07, 6.45) is 5.21. The van der Waals surface area contributed by atoms with Gasteiger partial charge in [0.1, 0.15) is 5.75 Å². The molecular weight excluding hydrogens is 679 g/mol. The van der Waals surface area contributed by atoms with Crippen LogP contribution in [0.25, 0.3) is 0 Å². The van der Waals surface area contributed by atoms with Gasteiger partial charge in [-0.3, -0.25) is 9.69 Å². The molecule has 268 valence electrons. The van der Waals surface area contributed by atoms with Crippen LogP contribution in [-0.4, -0.2) is 113 Å². The molecule has 50 heavy (non-hydrogen) atoms. The molecule has 2 aromatic rings. The highest BCUT2D eigenvalue weighted by Gasteiger charge is 2.52. The fourth-order valence-corrected chi connectivity index (χ4v) is 9.81. The number of fused-ring (bicyclic) bond motifs is 2. The van der Waals surface area contributed by atoms with Crippen molar-refractivity contribution in [2.45, 2.75) is 75.4 Å². The minimum atomic E-state index is -1.79. The lowest BCUT2D eigenvalue weighted by Crippen LogP contribution is -2.56. The number of carbonyl (C=O) groups excluding carboxylic acids is 1. The number of carbonyl (C=O) groups is 3. The van der Waals surface area contributed by atoms with E-state index in [-0.39, 0.29) is 51.2 Å². The highest BCUT2D eigenvalue weighted by Crippen LogP contribution is 2.52. The molecule has 3 atom stereocenters. The van der Waals surface area contributed by atoms with Crippen molar-refractivity contribution in [3.8, 4) is 5.75 Å². The number of methoxy groups -OCH3 is 1. The first-order chi connectivity index (χ1) is 23.9. The highest BCUT2D eigenvalue weighted by molar-refractivity contribution is 6.36. The van der Waals surface area contributed by atoms with Crippen LogP contribution in [-0.2, 0) is 26.2 Å². The van der Waals surface area contributed by atoms with Crippen LogP contribution >= 0.6 is 23.2 Å². The number of aliphatic carboxylic acids is 2. The van der Waals surface area contributed by atoms with Crippen molar-refractivity contribution in [1.82, 2.24) is 19.6 Å². The third-order valence-electron chi connectivity index (χ3n) is 11.7. The summed E-state index contributed by atoms with van der Waals surface area (Å²) in [7, 11) is 5.46. The molecule has 4 heterocycles. The summed E-state index contributed by atoms with van der Waals surface area (Å²) < 4.78 is 5.56. The van der Waals surface area contributed by atoms with Crippen molar-refractivity contribution in [3.05, 3.63) is 86.2 Å². The lowest BCUT2D eigenvalue weighted by Gasteiger charge is -2.46. The number of piperazine rings is 1. The van der Waals surface area contributed by atoms with Crippen LogP contribution in [0.2, 0.25) is 10.0 Å². The Hall–Kier alpha value is -3.57. The molecule has 0 spiro atoms. The average Bonchev–Trinajstić information content (AvgIpc) is 3.27. The minimum absolute atomic E-state index is 0.135. The van der Waals surface area contributed by atoms with Gasteiger partial charge in [-0.15, -0.1) is 0 Å². The molecule has 3 unspecified atom stereocenters. The predicted molar refractivity (Wildman–Crippen MR) is 193 cm³/mol. The van der Waals surface area contributed by atoms with Crippen LogP contribution < -0.4 is 4.74 Å². The summed E-state index contributed by atoms with van der Waals surface area (Å²) in [4.78, 5) is 49.3. The minimum Gasteiger partial charge on any atom is -0.496 e. The summed E-state index contributed by atoms with van der Waals surface area (Å²) in [6, 6.07) is 14.0. The lowest BCUT2D eigenvalue weighted by molar-refractivity contribution is -0.134. The number of piperidine rings is 1. The Morgan fingerprint density at radius 1 is 0.820 bits per heavy atom. The fourth-order valence-electron chi connectivity index (χ4n) is 9.04. The number of hydrogen-bond donors (Lipinski definition) is 2. The standard InChI is InChI=1S/C38H46Cl2N4O6/c1-38(33-27(39)9-7-10-28(33)40)34(36(46)47)29(15-12-23-8-5-6-11-31(23)50-4)42(3)30(35(38)37(48)49)22-32(45)44-18-16-43(17-19-44)26-20-24-13-14-25(21-26)41(24)2/h5-11,24-26H,12-22H2,1-4H3,(H,46,47)(H,48,49). The van der Waals surface area contributed by atoms with Crippen molar-refractivity contribution in [1.29, 1.82) is 0 Å². The number of allylic oxidation sites excluding steroid dienone is 1. The average molecular weight is 726 g/mol. The van der Waals surface area contributed by atoms with Crippen LogP contribution in [0.3, 0.4) is 0 Å². The molecule has 4 aliphatic heterocycles. The zero-order valence-corrected chi connectivity index (χ0v) is 30.6. The molecule has 2 N–H and O–H groups in total. The number of halogens is 2. The van der Waals surface area contributed by atoms with E-state index >= 15 is 0 Å². The molecule has 0 radical (unpaired) electrons. The molecule has 1 amide bonds. The predicted octanol–water partition coefficient (Wildman–Crippen LogP) is 5.67. The molecule has 0 saturated carbocycles. The maximum Gasteiger partial charge on any atom is 0.334 e. The second-order valence-electron chi connectivity index (χ2n) is 14.1. The van der Waals surface area contributed by atoms with Crippen molar-refractivity contribution in [2.24, 2.45) is 0 Å². The molecule has 0 aliphatic carbocycles. The van der Waals surface area contributed by atoms with Crippen LogP contribution in [0, 0.1) is 0 Å². The summed E-state index contributed by atoms with van der Waals surface area (Å²) >= 11 is 13.5. The number of carboxylic acid groups (broad SMARTS) is 2. The largest absolute Gasteiger partial charge is 0.496 e. The van der Waals surface area contributed by atoms with Crippen LogP contribution in [0.1, 0.15) is 56.6 Å². The highest BCUT2D eigenvalue weighted by atomic mass is 35.5. The maximum atomic E-state index is 14.1. The molecule has 6 rings (SSSR count). The van der Waals surface area contributed by atoms with Gasteiger partial charge in [0, 0.05) is 78.4 Å². The van der Waals surface area contributed by atoms with Gasteiger partial charge < -0.3 is 29.6 Å². The van der Waals surface area contributed by atoms with Gasteiger partial charge in [0.25, 0.3) is 0 Å². The van der Waals surface area contributed by atoms with Gasteiger partial charge in [-0.2, -0.15) is 0 Å². The number of rotatable bonds is 10. The summed E-state index contributed by atoms with van der Waals surface area (Å²) in [5.74, 6) is -2.19. The maximum absolute atomic E-state index is 14.1. The SMILES string of the molecule is COc1ccccc1CCC1=C(C(=O)O)C(C)(c2c(Cl)cccc2Cl)C(C(=O)O)=C(CC(=O)N2CCN(C3CC4CCC(C3)N4C)CC2)N1C. The van der Waals surface area contributed by atoms with Gasteiger partial charge in [0.2, 0.25) is 5.91 Å². The quantitative estimate of drug-likeness (QED) is 0.320. The van der Waals surface area contributed by atoms with E-state index in [0.29, 0.717) is 49.1 Å². The zero-order chi connectivity index (χ0) is 35.9. The Bertz CT molecular complexity index is 1700. The van der Waals surface area contributed by atoms with Gasteiger partial charge >= 0.3 is 11.9 Å². The molecule has 2 bridgehead atoms. The molecular formula is C38H46Cl2N4O6. The number of benzene rings is 2. The molecule has 12 heteroatoms. The van der Waals surface area contributed by atoms with Crippen molar-refractivity contribution >= 4 is 41.0 Å². The second kappa shape index (κ2) is 14.6. The summed E-state index contributed by atoms with van der Waals surface area (Å²) in [6.45, 7) is 4.16. The second-order valence-corrected chi connectivity index (χ2v) is 14.9. The van der Waals surface area contributed by atoms with Crippen LogP contribution in [0.15, 0.2) is 65.0 Å². The van der Waals surface area contributed by atoms with Crippen molar-refractivity contribution < 1.29 is 29.3 Å². The Labute approximate surface area is 303 Å². The molecule has 2 aromatic carbocycles. The monoisotopic (exact) mass is 724 g/mol. The lowest BCUT2D eigenvalue weighted by atomic mass is 9.66. The van der Waals surface area contributed by atoms with E-state index in [9.17, 15) is 24.6 Å². The van der Waals surface area contributed by atoms with Crippen LogP contribution in [0.4, 0.5) is 0 Å². The Morgan fingerprint density at radius 2 is 1.40 bits per heavy atom. The number of hydrogen-bond acceptors (Lipinski definition) is 7. The van der Waals surface area contributed by atoms with Gasteiger partial charge in [-0.05, 0) is 76.3 Å². The molecule has 4 aliphatic rings. The van der Waals surface area contributed by atoms with Gasteiger partial charge in [-0.1, -0.05) is 47.5 Å². The molecule has 10 nitrogen and oxygen atoms in total. The van der Waals surface area contributed by atoms with E-state index in [1.807, 2.05) is 29.2 Å². The van der Waals surface area contributed by atoms with Gasteiger partial charge in [0.15, 0.2) is 0 Å². The number of nitrogens with zero attached hydrogens (tertiary/aromatic N) is 4. The molecule has 3 saturated heterocycles. The molecule has 3 fully saturated rings. The summed E-state index contributed by atoms with van der Waals surface area (Å²) in [5, 5.41) is 22.0. The van der Waals surface area contributed by atoms with E-state index in [0.717, 1.165) is 31.5 Å². The number of para-hydroxylation sites is 1. The molecule has 0 aromatic heterocycles. The van der Waals surface area contributed by atoms with Gasteiger partial charge in [0.05, 0.1) is 30.1 Å². The third-order valence-corrected chi connectivity index (χ3v) is 12.3. The number of amides is 1. The van der Waals surface area contributed by atoms with E-state index in [1.165, 1.54) is 12.8 Å². The van der Waals surface area contributed by atoms with E-state index in [4.69, 9.17) is 27.9 Å². The Morgan fingerprint density at radius 3 is 1.98 bits per heavy atom. The normalized spacial score (nSPS) is 26.1. The number of carboxylic acids is 2. The fraction of sp³-hybridized carbons (Fsp3) is 0.500. The Kier molecular flexibility index (Phi) is 10.6. The van der Waals surface area contributed by atoms with Crippen LogP contribution in [0.5, 0.6) is 5.75 Å². The zero-order valence-electron chi connectivity index (χ0n) is 29.1. The third kappa shape index (κ3) is 6.51. The first-order valence-corrected chi connectivity index (χ1v) is 18.1. The van der Waals surface area contributed by atoms with Crippen molar-refractivity contribution in [3.63, 3.8) is 0 Å². The smallest absolute Gasteiger partial charge is 0.334 e. The van der Waals surface area contributed by atoms with Crippen molar-refractivity contribution in [2.75, 3.05) is 47.4 Å². The van der Waals surface area contributed by atoms with E-state index < -0.39 is 17.4 Å². The topological polar surface area (TPSA) is 114 Å². The van der Waals surface area contributed by atoms with Gasteiger partial charge in [-0.25, -0.2) is 9.59 Å². The first kappa shape index (κ1) is 36.2. The van der Waals surface area contributed by atoms with E-state index in [2.05, 4.69) is 16.8 Å². The first-order valence-electron chi connectivity index (χ1n) is 17.3. The number of ether oxygens (including phenoxy) is 1.